The van der Waals surface area contributed by atoms with Crippen molar-refractivity contribution >= 4 is 27.4 Å². The zero-order valence-electron chi connectivity index (χ0n) is 9.83. The number of aromatic carboxylic acids is 1. The average Bonchev–Trinajstić information content (AvgIpc) is 2.82. The Kier molecular flexibility index (Phi) is 2.72. The number of thiophene rings is 1. The molecular weight excluding hydrogens is 260 g/mol. The summed E-state index contributed by atoms with van der Waals surface area (Å²) in [5.74, 6) is -1.34. The molecule has 0 saturated carbocycles. The quantitative estimate of drug-likeness (QED) is 0.740. The molecular formula is C15H10O3S. The van der Waals surface area contributed by atoms with Gasteiger partial charge in [0.2, 0.25) is 0 Å². The molecule has 0 unspecified atom stereocenters. The fraction of sp³-hybridized carbons (Fsp3) is 0. The van der Waals surface area contributed by atoms with E-state index in [1.54, 1.807) is 17.4 Å². The van der Waals surface area contributed by atoms with Crippen molar-refractivity contribution in [1.82, 2.24) is 0 Å². The van der Waals surface area contributed by atoms with Gasteiger partial charge in [-0.15, -0.1) is 11.3 Å². The zero-order valence-corrected chi connectivity index (χ0v) is 10.6. The Hall–Kier alpha value is -2.33. The van der Waals surface area contributed by atoms with Crippen LogP contribution in [0.3, 0.4) is 0 Å². The molecule has 0 aliphatic carbocycles. The van der Waals surface area contributed by atoms with E-state index in [-0.39, 0.29) is 11.3 Å². The van der Waals surface area contributed by atoms with Gasteiger partial charge in [0.15, 0.2) is 0 Å². The lowest BCUT2D eigenvalue weighted by Gasteiger charge is -2.02. The molecule has 1 aromatic heterocycles. The van der Waals surface area contributed by atoms with Crippen LogP contribution in [0.5, 0.6) is 5.75 Å². The number of carboxylic acid groups (broad SMARTS) is 1. The van der Waals surface area contributed by atoms with E-state index in [2.05, 4.69) is 0 Å². The van der Waals surface area contributed by atoms with Gasteiger partial charge in [-0.05, 0) is 41.3 Å². The topological polar surface area (TPSA) is 57.5 Å². The van der Waals surface area contributed by atoms with E-state index in [1.807, 2.05) is 30.3 Å². The van der Waals surface area contributed by atoms with Crippen LogP contribution in [0.15, 0.2) is 48.5 Å². The molecule has 0 amide bonds. The molecule has 19 heavy (non-hydrogen) atoms. The standard InChI is InChI=1S/C15H10O3S/c16-12-6-5-10(7-11(12)15(17)18)14-8-9-3-1-2-4-13(9)19-14/h1-8,16H,(H,17,18). The number of aromatic hydroxyl groups is 1. The number of hydrogen-bond acceptors (Lipinski definition) is 3. The van der Waals surface area contributed by atoms with E-state index < -0.39 is 5.97 Å². The largest absolute Gasteiger partial charge is 0.507 e. The second-order valence-electron chi connectivity index (χ2n) is 4.19. The molecule has 3 rings (SSSR count). The molecule has 4 heteroatoms. The lowest BCUT2D eigenvalue weighted by Crippen LogP contribution is -1.96. The third kappa shape index (κ3) is 2.06. The van der Waals surface area contributed by atoms with Crippen LogP contribution in [0.25, 0.3) is 20.5 Å². The Morgan fingerprint density at radius 2 is 1.84 bits per heavy atom. The SMILES string of the molecule is O=C(O)c1cc(-c2cc3ccccc3s2)ccc1O. The highest BCUT2D eigenvalue weighted by molar-refractivity contribution is 7.22. The Morgan fingerprint density at radius 1 is 1.05 bits per heavy atom. The van der Waals surface area contributed by atoms with Crippen molar-refractivity contribution < 1.29 is 15.0 Å². The van der Waals surface area contributed by atoms with Crippen molar-refractivity contribution in [3.8, 4) is 16.2 Å². The van der Waals surface area contributed by atoms with Gasteiger partial charge < -0.3 is 10.2 Å². The molecule has 0 fully saturated rings. The molecule has 0 aliphatic rings. The molecule has 94 valence electrons. The first-order valence-corrected chi connectivity index (χ1v) is 6.52. The molecule has 3 aromatic rings. The minimum absolute atomic E-state index is 0.0741. The summed E-state index contributed by atoms with van der Waals surface area (Å²) in [5, 5.41) is 19.7. The van der Waals surface area contributed by atoms with Gasteiger partial charge in [-0.1, -0.05) is 18.2 Å². The first kappa shape index (κ1) is 11.7. The fourth-order valence-electron chi connectivity index (χ4n) is 1.98. The number of fused-ring (bicyclic) bond motifs is 1. The normalized spacial score (nSPS) is 10.7. The third-order valence-corrected chi connectivity index (χ3v) is 4.10. The summed E-state index contributed by atoms with van der Waals surface area (Å²) in [6, 6.07) is 14.7. The van der Waals surface area contributed by atoms with E-state index >= 15 is 0 Å². The maximum absolute atomic E-state index is 11.0. The van der Waals surface area contributed by atoms with Crippen molar-refractivity contribution in [2.75, 3.05) is 0 Å². The number of rotatable bonds is 2. The van der Waals surface area contributed by atoms with Gasteiger partial charge in [0, 0.05) is 9.58 Å². The number of phenols is 1. The van der Waals surface area contributed by atoms with Gasteiger partial charge in [0.05, 0.1) is 0 Å². The number of hydrogen-bond donors (Lipinski definition) is 2. The van der Waals surface area contributed by atoms with E-state index in [4.69, 9.17) is 5.11 Å². The highest BCUT2D eigenvalue weighted by atomic mass is 32.1. The molecule has 3 nitrogen and oxygen atoms in total. The molecule has 2 N–H and O–H groups in total. The van der Waals surface area contributed by atoms with Crippen LogP contribution in [0.1, 0.15) is 10.4 Å². The Bertz CT molecular complexity index is 741. The summed E-state index contributed by atoms with van der Waals surface area (Å²) in [6.45, 7) is 0. The van der Waals surface area contributed by atoms with Gasteiger partial charge in [-0.3, -0.25) is 0 Å². The van der Waals surface area contributed by atoms with Crippen LogP contribution < -0.4 is 0 Å². The molecule has 0 aliphatic heterocycles. The molecule has 0 saturated heterocycles. The van der Waals surface area contributed by atoms with Gasteiger partial charge in [0.25, 0.3) is 0 Å². The molecule has 0 spiro atoms. The van der Waals surface area contributed by atoms with Crippen molar-refractivity contribution in [3.05, 3.63) is 54.1 Å². The number of carbonyl (C=O) groups is 1. The van der Waals surface area contributed by atoms with Gasteiger partial charge in [0.1, 0.15) is 11.3 Å². The summed E-state index contributed by atoms with van der Waals surface area (Å²) >= 11 is 1.60. The van der Waals surface area contributed by atoms with Crippen LogP contribution in [-0.2, 0) is 0 Å². The minimum Gasteiger partial charge on any atom is -0.507 e. The lowest BCUT2D eigenvalue weighted by molar-refractivity contribution is 0.0694. The maximum atomic E-state index is 11.0. The summed E-state index contributed by atoms with van der Waals surface area (Å²) in [6.07, 6.45) is 0. The van der Waals surface area contributed by atoms with Crippen LogP contribution in [0.4, 0.5) is 0 Å². The fourth-order valence-corrected chi connectivity index (χ4v) is 3.04. The zero-order chi connectivity index (χ0) is 13.4. The Balaban J connectivity index is 2.16. The monoisotopic (exact) mass is 270 g/mol. The van der Waals surface area contributed by atoms with Crippen molar-refractivity contribution in [2.24, 2.45) is 0 Å². The molecule has 0 atom stereocenters. The van der Waals surface area contributed by atoms with Gasteiger partial charge in [-0.2, -0.15) is 0 Å². The average molecular weight is 270 g/mol. The first-order chi connectivity index (χ1) is 9.15. The predicted molar refractivity (Wildman–Crippen MR) is 75.9 cm³/mol. The van der Waals surface area contributed by atoms with E-state index in [9.17, 15) is 9.90 Å². The van der Waals surface area contributed by atoms with E-state index in [0.29, 0.717) is 0 Å². The van der Waals surface area contributed by atoms with E-state index in [0.717, 1.165) is 20.5 Å². The second-order valence-corrected chi connectivity index (χ2v) is 5.27. The molecule has 0 bridgehead atoms. The van der Waals surface area contributed by atoms with Crippen LogP contribution in [0.2, 0.25) is 0 Å². The lowest BCUT2D eigenvalue weighted by atomic mass is 10.1. The number of benzene rings is 2. The highest BCUT2D eigenvalue weighted by Gasteiger charge is 2.12. The number of carboxylic acids is 1. The molecule has 1 heterocycles. The van der Waals surface area contributed by atoms with Crippen molar-refractivity contribution in [3.63, 3.8) is 0 Å². The third-order valence-electron chi connectivity index (χ3n) is 2.94. The van der Waals surface area contributed by atoms with Crippen molar-refractivity contribution in [2.45, 2.75) is 0 Å². The summed E-state index contributed by atoms with van der Waals surface area (Å²) < 4.78 is 1.16. The summed E-state index contributed by atoms with van der Waals surface area (Å²) in [5.41, 5.74) is 0.728. The van der Waals surface area contributed by atoms with E-state index in [1.165, 1.54) is 12.1 Å². The Labute approximate surface area is 113 Å². The highest BCUT2D eigenvalue weighted by Crippen LogP contribution is 2.35. The van der Waals surface area contributed by atoms with Gasteiger partial charge in [-0.25, -0.2) is 4.79 Å². The van der Waals surface area contributed by atoms with Crippen LogP contribution in [-0.4, -0.2) is 16.2 Å². The van der Waals surface area contributed by atoms with Gasteiger partial charge >= 0.3 is 5.97 Å². The summed E-state index contributed by atoms with van der Waals surface area (Å²) in [7, 11) is 0. The first-order valence-electron chi connectivity index (χ1n) is 5.70. The second kappa shape index (κ2) is 4.40. The Morgan fingerprint density at radius 3 is 2.58 bits per heavy atom. The maximum Gasteiger partial charge on any atom is 0.339 e. The molecule has 0 radical (unpaired) electrons. The minimum atomic E-state index is -1.12. The van der Waals surface area contributed by atoms with Crippen LogP contribution in [0, 0.1) is 0 Å². The van der Waals surface area contributed by atoms with Crippen molar-refractivity contribution in [1.29, 1.82) is 0 Å². The summed E-state index contributed by atoms with van der Waals surface area (Å²) in [4.78, 5) is 12.0. The van der Waals surface area contributed by atoms with Crippen LogP contribution >= 0.6 is 11.3 Å². The smallest absolute Gasteiger partial charge is 0.339 e. The predicted octanol–water partition coefficient (Wildman–Crippen LogP) is 3.97. The molecule has 2 aromatic carbocycles.